The van der Waals surface area contributed by atoms with E-state index in [1.54, 1.807) is 12.1 Å². The van der Waals surface area contributed by atoms with Gasteiger partial charge in [0.25, 0.3) is 0 Å². The summed E-state index contributed by atoms with van der Waals surface area (Å²) in [5, 5.41) is 12.1. The third-order valence-electron chi connectivity index (χ3n) is 3.19. The number of aromatic carboxylic acids is 1. The molecule has 0 spiro atoms. The van der Waals surface area contributed by atoms with Crippen molar-refractivity contribution in [2.45, 2.75) is 12.8 Å². The fourth-order valence-electron chi connectivity index (χ4n) is 2.10. The minimum atomic E-state index is -0.998. The van der Waals surface area contributed by atoms with Gasteiger partial charge in [0.05, 0.1) is 5.56 Å². The largest absolute Gasteiger partial charge is 0.478 e. The smallest absolute Gasteiger partial charge is 0.337 e. The monoisotopic (exact) mass is 250 g/mol. The van der Waals surface area contributed by atoms with Crippen molar-refractivity contribution in [3.63, 3.8) is 0 Å². The molecule has 0 bridgehead atoms. The van der Waals surface area contributed by atoms with Crippen LogP contribution < -0.4 is 11.1 Å². The zero-order valence-electron chi connectivity index (χ0n) is 10.2. The number of carbonyl (C=O) groups is 1. The average molecular weight is 250 g/mol. The summed E-state index contributed by atoms with van der Waals surface area (Å²) in [6, 6.07) is 4.93. The molecule has 1 aliphatic rings. The van der Waals surface area contributed by atoms with Crippen molar-refractivity contribution in [3.8, 4) is 0 Å². The Kier molecular flexibility index (Phi) is 4.04. The summed E-state index contributed by atoms with van der Waals surface area (Å²) in [6.45, 7) is 2.56. The molecule has 4 N–H and O–H groups in total. The fraction of sp³-hybridized carbons (Fsp3) is 0.462. The van der Waals surface area contributed by atoms with Crippen LogP contribution in [0.1, 0.15) is 23.2 Å². The number of hydrogen-bond donors (Lipinski definition) is 3. The van der Waals surface area contributed by atoms with Crippen molar-refractivity contribution in [2.24, 2.45) is 5.92 Å². The molecule has 0 radical (unpaired) electrons. The van der Waals surface area contributed by atoms with Crippen LogP contribution in [-0.4, -0.2) is 30.8 Å². The number of nitrogen functional groups attached to an aromatic ring is 1. The molecule has 98 valence electrons. The second-order valence-electron chi connectivity index (χ2n) is 4.55. The molecule has 5 heteroatoms. The first-order chi connectivity index (χ1) is 8.66. The first kappa shape index (κ1) is 12.7. The predicted octanol–water partition coefficient (Wildman–Crippen LogP) is 1.81. The van der Waals surface area contributed by atoms with Crippen molar-refractivity contribution in [1.29, 1.82) is 0 Å². The Balaban J connectivity index is 1.85. The van der Waals surface area contributed by atoms with Gasteiger partial charge in [0.1, 0.15) is 0 Å². The van der Waals surface area contributed by atoms with Crippen LogP contribution in [0.4, 0.5) is 11.4 Å². The number of hydrogen-bond acceptors (Lipinski definition) is 4. The van der Waals surface area contributed by atoms with E-state index in [0.717, 1.165) is 38.3 Å². The summed E-state index contributed by atoms with van der Waals surface area (Å²) in [5.41, 5.74) is 6.97. The lowest BCUT2D eigenvalue weighted by Gasteiger charge is -2.11. The minimum Gasteiger partial charge on any atom is -0.478 e. The maximum absolute atomic E-state index is 10.8. The van der Waals surface area contributed by atoms with E-state index >= 15 is 0 Å². The lowest BCUT2D eigenvalue weighted by molar-refractivity contribution is 0.0698. The Morgan fingerprint density at radius 2 is 2.39 bits per heavy atom. The zero-order chi connectivity index (χ0) is 13.0. The number of anilines is 2. The Labute approximate surface area is 106 Å². The van der Waals surface area contributed by atoms with Crippen LogP contribution in [0.25, 0.3) is 0 Å². The first-order valence-corrected chi connectivity index (χ1v) is 6.11. The SMILES string of the molecule is Nc1cc(NCCC2CCOC2)ccc1C(=O)O. The summed E-state index contributed by atoms with van der Waals surface area (Å²) < 4.78 is 5.31. The highest BCUT2D eigenvalue weighted by Gasteiger charge is 2.14. The van der Waals surface area contributed by atoms with Gasteiger partial charge in [-0.2, -0.15) is 0 Å². The second kappa shape index (κ2) is 5.73. The van der Waals surface area contributed by atoms with Gasteiger partial charge in [0, 0.05) is 31.1 Å². The molecule has 1 atom stereocenters. The van der Waals surface area contributed by atoms with Crippen molar-refractivity contribution in [1.82, 2.24) is 0 Å². The quantitative estimate of drug-likeness (QED) is 0.694. The molecular weight excluding hydrogens is 232 g/mol. The van der Waals surface area contributed by atoms with Gasteiger partial charge in [-0.15, -0.1) is 0 Å². The molecule has 0 aliphatic carbocycles. The summed E-state index contributed by atoms with van der Waals surface area (Å²) in [7, 11) is 0. The van der Waals surface area contributed by atoms with Crippen molar-refractivity contribution in [2.75, 3.05) is 30.8 Å². The maximum atomic E-state index is 10.8. The van der Waals surface area contributed by atoms with Crippen LogP contribution in [0.5, 0.6) is 0 Å². The summed E-state index contributed by atoms with van der Waals surface area (Å²) >= 11 is 0. The van der Waals surface area contributed by atoms with E-state index in [4.69, 9.17) is 15.6 Å². The third kappa shape index (κ3) is 3.13. The molecule has 1 aromatic carbocycles. The number of benzene rings is 1. The molecule has 1 aromatic rings. The molecule has 1 fully saturated rings. The van der Waals surface area contributed by atoms with Gasteiger partial charge in [-0.05, 0) is 37.0 Å². The van der Waals surface area contributed by atoms with E-state index < -0.39 is 5.97 Å². The first-order valence-electron chi connectivity index (χ1n) is 6.11. The van der Waals surface area contributed by atoms with Crippen LogP contribution in [0.15, 0.2) is 18.2 Å². The van der Waals surface area contributed by atoms with Gasteiger partial charge in [-0.25, -0.2) is 4.79 Å². The molecular formula is C13H18N2O3. The van der Waals surface area contributed by atoms with E-state index in [9.17, 15) is 4.79 Å². The third-order valence-corrected chi connectivity index (χ3v) is 3.19. The highest BCUT2D eigenvalue weighted by atomic mass is 16.5. The van der Waals surface area contributed by atoms with E-state index in [-0.39, 0.29) is 11.3 Å². The molecule has 5 nitrogen and oxygen atoms in total. The highest BCUT2D eigenvalue weighted by molar-refractivity contribution is 5.94. The number of carboxylic acids is 1. The molecule has 1 saturated heterocycles. The van der Waals surface area contributed by atoms with Gasteiger partial charge in [0.15, 0.2) is 0 Å². The minimum absolute atomic E-state index is 0.143. The van der Waals surface area contributed by atoms with E-state index in [1.807, 2.05) is 0 Å². The van der Waals surface area contributed by atoms with Gasteiger partial charge in [-0.1, -0.05) is 0 Å². The lowest BCUT2D eigenvalue weighted by Crippen LogP contribution is -2.10. The molecule has 0 aromatic heterocycles. The molecule has 1 aliphatic heterocycles. The topological polar surface area (TPSA) is 84.6 Å². The van der Waals surface area contributed by atoms with Crippen LogP contribution in [0, 0.1) is 5.92 Å². The van der Waals surface area contributed by atoms with Crippen molar-refractivity contribution >= 4 is 17.3 Å². The van der Waals surface area contributed by atoms with E-state index in [2.05, 4.69) is 5.32 Å². The second-order valence-corrected chi connectivity index (χ2v) is 4.55. The van der Waals surface area contributed by atoms with Gasteiger partial charge < -0.3 is 20.9 Å². The van der Waals surface area contributed by atoms with E-state index in [0.29, 0.717) is 5.92 Å². The average Bonchev–Trinajstić information content (AvgIpc) is 2.81. The van der Waals surface area contributed by atoms with Crippen LogP contribution in [0.2, 0.25) is 0 Å². The Morgan fingerprint density at radius 3 is 3.00 bits per heavy atom. The Hall–Kier alpha value is -1.75. The van der Waals surface area contributed by atoms with Crippen molar-refractivity contribution in [3.05, 3.63) is 23.8 Å². The van der Waals surface area contributed by atoms with E-state index in [1.165, 1.54) is 6.07 Å². The van der Waals surface area contributed by atoms with Crippen LogP contribution >= 0.6 is 0 Å². The number of ether oxygens (including phenoxy) is 1. The van der Waals surface area contributed by atoms with Gasteiger partial charge in [-0.3, -0.25) is 0 Å². The summed E-state index contributed by atoms with van der Waals surface area (Å²) in [4.78, 5) is 10.8. The number of nitrogens with one attached hydrogen (secondary N) is 1. The molecule has 1 unspecified atom stereocenters. The maximum Gasteiger partial charge on any atom is 0.337 e. The molecule has 2 rings (SSSR count). The normalized spacial score (nSPS) is 18.8. The molecule has 18 heavy (non-hydrogen) atoms. The van der Waals surface area contributed by atoms with Crippen LogP contribution in [-0.2, 0) is 4.74 Å². The fourth-order valence-corrected chi connectivity index (χ4v) is 2.10. The summed E-state index contributed by atoms with van der Waals surface area (Å²) in [6.07, 6.45) is 2.18. The van der Waals surface area contributed by atoms with Gasteiger partial charge >= 0.3 is 5.97 Å². The Morgan fingerprint density at radius 1 is 1.56 bits per heavy atom. The zero-order valence-corrected chi connectivity index (χ0v) is 10.2. The standard InChI is InChI=1S/C13H18N2O3/c14-12-7-10(1-2-11(12)13(16)17)15-5-3-9-4-6-18-8-9/h1-2,7,9,15H,3-6,8,14H2,(H,16,17). The predicted molar refractivity (Wildman–Crippen MR) is 69.8 cm³/mol. The Bertz CT molecular complexity index is 428. The molecule has 0 amide bonds. The number of rotatable bonds is 5. The van der Waals surface area contributed by atoms with Crippen LogP contribution in [0.3, 0.4) is 0 Å². The highest BCUT2D eigenvalue weighted by Crippen LogP contribution is 2.20. The molecule has 1 heterocycles. The van der Waals surface area contributed by atoms with Crippen molar-refractivity contribution < 1.29 is 14.6 Å². The molecule has 0 saturated carbocycles. The number of carboxylic acid groups (broad SMARTS) is 1. The lowest BCUT2D eigenvalue weighted by atomic mass is 10.1. The number of nitrogens with two attached hydrogens (primary N) is 1. The van der Waals surface area contributed by atoms with Gasteiger partial charge in [0.2, 0.25) is 0 Å². The summed E-state index contributed by atoms with van der Waals surface area (Å²) in [5.74, 6) is -0.365.